The molecule has 0 atom stereocenters. The van der Waals surface area contributed by atoms with E-state index in [1.807, 2.05) is 25.1 Å². The van der Waals surface area contributed by atoms with E-state index in [0.29, 0.717) is 30.2 Å². The summed E-state index contributed by atoms with van der Waals surface area (Å²) in [7, 11) is 0. The number of anilines is 1. The van der Waals surface area contributed by atoms with Gasteiger partial charge in [-0.05, 0) is 30.2 Å². The van der Waals surface area contributed by atoms with E-state index in [0.717, 1.165) is 12.8 Å². The van der Waals surface area contributed by atoms with Crippen molar-refractivity contribution in [3.8, 4) is 5.75 Å². The van der Waals surface area contributed by atoms with E-state index in [1.54, 1.807) is 18.2 Å². The van der Waals surface area contributed by atoms with E-state index < -0.39 is 0 Å². The Morgan fingerprint density at radius 1 is 1.18 bits per heavy atom. The first-order valence-electron chi connectivity index (χ1n) is 7.55. The zero-order chi connectivity index (χ0) is 15.8. The van der Waals surface area contributed by atoms with Crippen LogP contribution in [0.3, 0.4) is 0 Å². The lowest BCUT2D eigenvalue weighted by Gasteiger charge is -2.11. The number of carbonyl (C=O) groups excluding carboxylic acids is 1. The number of benzene rings is 2. The molecule has 0 aromatic heterocycles. The summed E-state index contributed by atoms with van der Waals surface area (Å²) in [4.78, 5) is 12.0. The van der Waals surface area contributed by atoms with Crippen LogP contribution in [-0.2, 0) is 6.42 Å². The standard InChI is InChI=1S/C18H22N2O2/c1-2-11-20-18(21)15-8-9-16(19)17(13-15)22-12-10-14-6-4-3-5-7-14/h3-9,13H,2,10-12,19H2,1H3,(H,20,21). The van der Waals surface area contributed by atoms with Crippen LogP contribution in [0.5, 0.6) is 5.75 Å². The van der Waals surface area contributed by atoms with Crippen molar-refractivity contribution < 1.29 is 9.53 Å². The van der Waals surface area contributed by atoms with Gasteiger partial charge in [0.1, 0.15) is 5.75 Å². The number of nitrogen functional groups attached to an aromatic ring is 1. The number of ether oxygens (including phenoxy) is 1. The molecule has 0 aliphatic heterocycles. The number of hydrogen-bond acceptors (Lipinski definition) is 3. The summed E-state index contributed by atoms with van der Waals surface area (Å²) < 4.78 is 5.73. The third-order valence-corrected chi connectivity index (χ3v) is 3.30. The molecule has 0 bridgehead atoms. The van der Waals surface area contributed by atoms with Crippen LogP contribution < -0.4 is 15.8 Å². The molecule has 2 aromatic rings. The van der Waals surface area contributed by atoms with Gasteiger partial charge in [0.2, 0.25) is 0 Å². The van der Waals surface area contributed by atoms with E-state index in [-0.39, 0.29) is 5.91 Å². The first-order valence-corrected chi connectivity index (χ1v) is 7.55. The molecule has 0 fully saturated rings. The molecule has 1 amide bonds. The van der Waals surface area contributed by atoms with Crippen molar-refractivity contribution in [2.75, 3.05) is 18.9 Å². The van der Waals surface area contributed by atoms with Crippen molar-refractivity contribution in [1.29, 1.82) is 0 Å². The largest absolute Gasteiger partial charge is 0.491 e. The normalized spacial score (nSPS) is 10.2. The van der Waals surface area contributed by atoms with Gasteiger partial charge in [-0.3, -0.25) is 4.79 Å². The summed E-state index contributed by atoms with van der Waals surface area (Å²) >= 11 is 0. The fourth-order valence-corrected chi connectivity index (χ4v) is 2.06. The Kier molecular flexibility index (Phi) is 5.83. The SMILES string of the molecule is CCCNC(=O)c1ccc(N)c(OCCc2ccccc2)c1. The highest BCUT2D eigenvalue weighted by atomic mass is 16.5. The predicted octanol–water partition coefficient (Wildman–Crippen LogP) is 3.03. The summed E-state index contributed by atoms with van der Waals surface area (Å²) in [6.45, 7) is 3.20. The Bertz CT molecular complexity index is 612. The first kappa shape index (κ1) is 15.9. The molecule has 0 aliphatic rings. The van der Waals surface area contributed by atoms with Gasteiger partial charge in [-0.1, -0.05) is 37.3 Å². The molecule has 0 aliphatic carbocycles. The number of amides is 1. The van der Waals surface area contributed by atoms with Crippen LogP contribution in [0.1, 0.15) is 29.3 Å². The number of nitrogens with one attached hydrogen (secondary N) is 1. The maximum Gasteiger partial charge on any atom is 0.251 e. The summed E-state index contributed by atoms with van der Waals surface area (Å²) in [5, 5.41) is 2.84. The highest BCUT2D eigenvalue weighted by molar-refractivity contribution is 5.95. The van der Waals surface area contributed by atoms with Crippen LogP contribution in [0.4, 0.5) is 5.69 Å². The molecule has 116 valence electrons. The van der Waals surface area contributed by atoms with Crippen LogP contribution in [0.25, 0.3) is 0 Å². The molecule has 0 spiro atoms. The molecule has 0 unspecified atom stereocenters. The minimum Gasteiger partial charge on any atom is -0.491 e. The van der Waals surface area contributed by atoms with Crippen molar-refractivity contribution >= 4 is 11.6 Å². The third kappa shape index (κ3) is 4.52. The second kappa shape index (κ2) is 8.08. The zero-order valence-electron chi connectivity index (χ0n) is 12.8. The molecule has 0 saturated heterocycles. The molecular formula is C18H22N2O2. The maximum absolute atomic E-state index is 12.0. The predicted molar refractivity (Wildman–Crippen MR) is 89.1 cm³/mol. The molecule has 0 radical (unpaired) electrons. The summed E-state index contributed by atoms with van der Waals surface area (Å²) in [5.74, 6) is 0.454. The van der Waals surface area contributed by atoms with Gasteiger partial charge in [0, 0.05) is 18.5 Å². The Morgan fingerprint density at radius 3 is 2.68 bits per heavy atom. The number of rotatable bonds is 7. The van der Waals surface area contributed by atoms with Crippen LogP contribution >= 0.6 is 0 Å². The summed E-state index contributed by atoms with van der Waals surface area (Å²) in [6.07, 6.45) is 1.70. The minimum atomic E-state index is -0.102. The lowest BCUT2D eigenvalue weighted by Crippen LogP contribution is -2.24. The Balaban J connectivity index is 1.96. The van der Waals surface area contributed by atoms with Crippen LogP contribution in [-0.4, -0.2) is 19.1 Å². The summed E-state index contributed by atoms with van der Waals surface area (Å²) in [6, 6.07) is 15.2. The quantitative estimate of drug-likeness (QED) is 0.772. The highest BCUT2D eigenvalue weighted by Crippen LogP contribution is 2.23. The van der Waals surface area contributed by atoms with Gasteiger partial charge in [-0.2, -0.15) is 0 Å². The van der Waals surface area contributed by atoms with Crippen LogP contribution in [0.15, 0.2) is 48.5 Å². The lowest BCUT2D eigenvalue weighted by atomic mass is 10.1. The lowest BCUT2D eigenvalue weighted by molar-refractivity contribution is 0.0953. The van der Waals surface area contributed by atoms with Gasteiger partial charge in [0.05, 0.1) is 12.3 Å². The fourth-order valence-electron chi connectivity index (χ4n) is 2.06. The number of hydrogen-bond donors (Lipinski definition) is 2. The van der Waals surface area contributed by atoms with Crippen LogP contribution in [0, 0.1) is 0 Å². The van der Waals surface area contributed by atoms with Gasteiger partial charge in [0.15, 0.2) is 0 Å². The van der Waals surface area contributed by atoms with Gasteiger partial charge in [-0.15, -0.1) is 0 Å². The minimum absolute atomic E-state index is 0.102. The van der Waals surface area contributed by atoms with Crippen molar-refractivity contribution in [3.05, 3.63) is 59.7 Å². The van der Waals surface area contributed by atoms with E-state index in [1.165, 1.54) is 5.56 Å². The van der Waals surface area contributed by atoms with Gasteiger partial charge in [-0.25, -0.2) is 0 Å². The molecule has 2 rings (SSSR count). The molecule has 2 aromatic carbocycles. The van der Waals surface area contributed by atoms with Gasteiger partial charge in [0.25, 0.3) is 5.91 Å². The van der Waals surface area contributed by atoms with E-state index >= 15 is 0 Å². The monoisotopic (exact) mass is 298 g/mol. The molecule has 4 nitrogen and oxygen atoms in total. The van der Waals surface area contributed by atoms with Gasteiger partial charge >= 0.3 is 0 Å². The fraction of sp³-hybridized carbons (Fsp3) is 0.278. The second-order valence-corrected chi connectivity index (χ2v) is 5.09. The first-order chi connectivity index (χ1) is 10.7. The summed E-state index contributed by atoms with van der Waals surface area (Å²) in [5.41, 5.74) is 8.23. The van der Waals surface area contributed by atoms with Crippen LogP contribution in [0.2, 0.25) is 0 Å². The molecular weight excluding hydrogens is 276 g/mol. The Morgan fingerprint density at radius 2 is 1.95 bits per heavy atom. The average Bonchev–Trinajstić information content (AvgIpc) is 2.55. The van der Waals surface area contributed by atoms with Crippen molar-refractivity contribution in [2.24, 2.45) is 0 Å². The average molecular weight is 298 g/mol. The highest BCUT2D eigenvalue weighted by Gasteiger charge is 2.08. The van der Waals surface area contributed by atoms with E-state index in [9.17, 15) is 4.79 Å². The topological polar surface area (TPSA) is 64.4 Å². The zero-order valence-corrected chi connectivity index (χ0v) is 12.8. The molecule has 4 heteroatoms. The van der Waals surface area contributed by atoms with Crippen molar-refractivity contribution in [2.45, 2.75) is 19.8 Å². The number of carbonyl (C=O) groups is 1. The smallest absolute Gasteiger partial charge is 0.251 e. The van der Waals surface area contributed by atoms with Crippen molar-refractivity contribution in [3.63, 3.8) is 0 Å². The van der Waals surface area contributed by atoms with Crippen molar-refractivity contribution in [1.82, 2.24) is 5.32 Å². The molecule has 0 heterocycles. The Labute approximate surface area is 131 Å². The second-order valence-electron chi connectivity index (χ2n) is 5.09. The molecule has 22 heavy (non-hydrogen) atoms. The molecule has 0 saturated carbocycles. The van der Waals surface area contributed by atoms with Gasteiger partial charge < -0.3 is 15.8 Å². The number of nitrogens with two attached hydrogens (primary N) is 1. The van der Waals surface area contributed by atoms with E-state index in [2.05, 4.69) is 17.4 Å². The third-order valence-electron chi connectivity index (χ3n) is 3.30. The van der Waals surface area contributed by atoms with E-state index in [4.69, 9.17) is 10.5 Å². The maximum atomic E-state index is 12.0. The molecule has 3 N–H and O–H groups in total. The Hall–Kier alpha value is -2.49.